The van der Waals surface area contributed by atoms with Crippen molar-refractivity contribution in [3.05, 3.63) is 23.5 Å². The molecule has 0 saturated carbocycles. The Morgan fingerprint density at radius 3 is 2.56 bits per heavy atom. The average Bonchev–Trinajstić information content (AvgIpc) is 2.28. The molecule has 0 amide bonds. The maximum atomic E-state index is 13.6. The molecule has 0 saturated heterocycles. The highest BCUT2D eigenvalue weighted by Gasteiger charge is 2.25. The van der Waals surface area contributed by atoms with E-state index in [1.807, 2.05) is 0 Å². The van der Waals surface area contributed by atoms with Gasteiger partial charge in [-0.3, -0.25) is 0 Å². The summed E-state index contributed by atoms with van der Waals surface area (Å²) in [5, 5.41) is 18.7. The molecule has 0 fully saturated rings. The second kappa shape index (κ2) is 4.80. The van der Waals surface area contributed by atoms with E-state index in [0.717, 1.165) is 26.4 Å². The molecule has 2 N–H and O–H groups in total. The van der Waals surface area contributed by atoms with Crippen LogP contribution in [0.1, 0.15) is 11.7 Å². The van der Waals surface area contributed by atoms with Gasteiger partial charge in [-0.05, 0) is 12.1 Å². The van der Waals surface area contributed by atoms with E-state index in [-0.39, 0.29) is 5.56 Å². The third-order valence-electron chi connectivity index (χ3n) is 2.03. The van der Waals surface area contributed by atoms with Crippen molar-refractivity contribution in [1.29, 1.82) is 0 Å². The second-order valence-electron chi connectivity index (χ2n) is 2.95. The van der Waals surface area contributed by atoms with Crippen LogP contribution >= 0.6 is 0 Å². The Morgan fingerprint density at radius 1 is 1.44 bits per heavy atom. The molecule has 0 aliphatic heterocycles. The molecule has 0 bridgehead atoms. The summed E-state index contributed by atoms with van der Waals surface area (Å²) in [6.45, 7) is 0. The number of carbonyl (C=O) groups is 1. The number of methoxy groups -OCH3 is 2. The van der Waals surface area contributed by atoms with Crippen LogP contribution in [-0.2, 0) is 9.53 Å². The fraction of sp³-hybridized carbons (Fsp3) is 0.300. The van der Waals surface area contributed by atoms with E-state index in [2.05, 4.69) is 9.47 Å². The minimum atomic E-state index is -1.75. The van der Waals surface area contributed by atoms with Gasteiger partial charge in [-0.2, -0.15) is 0 Å². The van der Waals surface area contributed by atoms with Gasteiger partial charge in [0, 0.05) is 5.56 Å². The Balaban J connectivity index is 3.20. The predicted octanol–water partition coefficient (Wildman–Crippen LogP) is 0.746. The molecule has 0 radical (unpaired) electrons. The Morgan fingerprint density at radius 2 is 2.06 bits per heavy atom. The molecule has 0 aliphatic carbocycles. The number of rotatable bonds is 3. The molecule has 0 heterocycles. The van der Waals surface area contributed by atoms with Crippen molar-refractivity contribution in [2.45, 2.75) is 6.10 Å². The summed E-state index contributed by atoms with van der Waals surface area (Å²) in [7, 11) is 2.23. The van der Waals surface area contributed by atoms with Gasteiger partial charge in [-0.25, -0.2) is 9.18 Å². The number of phenols is 1. The number of hydrogen-bond acceptors (Lipinski definition) is 5. The summed E-state index contributed by atoms with van der Waals surface area (Å²) in [6, 6.07) is 2.19. The fourth-order valence-electron chi connectivity index (χ4n) is 1.21. The number of halogens is 1. The molecule has 16 heavy (non-hydrogen) atoms. The number of carbonyl (C=O) groups excluding carboxylic acids is 1. The molecule has 0 aromatic heterocycles. The van der Waals surface area contributed by atoms with Gasteiger partial charge in [0.1, 0.15) is 0 Å². The molecule has 0 spiro atoms. The molecule has 1 rings (SSSR count). The largest absolute Gasteiger partial charge is 0.504 e. The first-order valence-corrected chi connectivity index (χ1v) is 4.34. The smallest absolute Gasteiger partial charge is 0.339 e. The number of aliphatic hydroxyl groups excluding tert-OH is 1. The Labute approximate surface area is 91.0 Å². The van der Waals surface area contributed by atoms with Gasteiger partial charge in [0.2, 0.25) is 0 Å². The van der Waals surface area contributed by atoms with E-state index in [9.17, 15) is 19.4 Å². The van der Waals surface area contributed by atoms with Gasteiger partial charge in [-0.1, -0.05) is 0 Å². The average molecular weight is 230 g/mol. The molecular weight excluding hydrogens is 219 g/mol. The van der Waals surface area contributed by atoms with Crippen LogP contribution in [-0.4, -0.2) is 30.4 Å². The monoisotopic (exact) mass is 230 g/mol. The van der Waals surface area contributed by atoms with Crippen LogP contribution < -0.4 is 4.74 Å². The summed E-state index contributed by atoms with van der Waals surface area (Å²) >= 11 is 0. The number of phenolic OH excluding ortho intramolecular Hbond substituents is 1. The Kier molecular flexibility index (Phi) is 3.68. The number of benzene rings is 1. The highest BCUT2D eigenvalue weighted by atomic mass is 19.1. The van der Waals surface area contributed by atoms with Crippen molar-refractivity contribution in [2.24, 2.45) is 0 Å². The second-order valence-corrected chi connectivity index (χ2v) is 2.95. The first kappa shape index (κ1) is 12.3. The van der Waals surface area contributed by atoms with E-state index in [4.69, 9.17) is 0 Å². The van der Waals surface area contributed by atoms with Crippen LogP contribution in [0.5, 0.6) is 11.5 Å². The summed E-state index contributed by atoms with van der Waals surface area (Å²) < 4.78 is 22.5. The van der Waals surface area contributed by atoms with E-state index in [0.29, 0.717) is 0 Å². The number of hydrogen-bond donors (Lipinski definition) is 2. The minimum Gasteiger partial charge on any atom is -0.504 e. The van der Waals surface area contributed by atoms with Crippen LogP contribution in [0.2, 0.25) is 0 Å². The zero-order chi connectivity index (χ0) is 12.3. The molecule has 0 aliphatic rings. The molecule has 6 heteroatoms. The van der Waals surface area contributed by atoms with Crippen LogP contribution in [0.15, 0.2) is 12.1 Å². The third kappa shape index (κ3) is 2.06. The third-order valence-corrected chi connectivity index (χ3v) is 2.03. The number of ether oxygens (including phenoxy) is 2. The number of esters is 1. The molecule has 5 nitrogen and oxygen atoms in total. The molecule has 1 aromatic carbocycles. The number of aromatic hydroxyl groups is 1. The van der Waals surface area contributed by atoms with Crippen LogP contribution in [0, 0.1) is 5.82 Å². The topological polar surface area (TPSA) is 76.0 Å². The van der Waals surface area contributed by atoms with Crippen molar-refractivity contribution < 1.29 is 28.9 Å². The molecule has 1 aromatic rings. The number of aliphatic hydroxyl groups is 1. The summed E-state index contributed by atoms with van der Waals surface area (Å²) in [4.78, 5) is 11.0. The SMILES string of the molecule is COC(=O)C(O)c1ccc(O)c(OC)c1F. The normalized spacial score (nSPS) is 12.0. The predicted molar refractivity (Wildman–Crippen MR) is 51.6 cm³/mol. The first-order chi connectivity index (χ1) is 7.52. The van der Waals surface area contributed by atoms with Crippen LogP contribution in [0.3, 0.4) is 0 Å². The maximum Gasteiger partial charge on any atom is 0.339 e. The van der Waals surface area contributed by atoms with Gasteiger partial charge in [0.25, 0.3) is 0 Å². The minimum absolute atomic E-state index is 0.318. The molecular formula is C10H11FO5. The summed E-state index contributed by atoms with van der Waals surface area (Å²) in [5.41, 5.74) is -0.318. The standard InChI is InChI=1S/C10H11FO5/c1-15-9-6(12)4-3-5(7(9)11)8(13)10(14)16-2/h3-4,8,12-13H,1-2H3. The Hall–Kier alpha value is -1.82. The lowest BCUT2D eigenvalue weighted by Gasteiger charge is -2.12. The van der Waals surface area contributed by atoms with E-state index >= 15 is 0 Å². The lowest BCUT2D eigenvalue weighted by atomic mass is 10.1. The molecule has 1 unspecified atom stereocenters. The highest BCUT2D eigenvalue weighted by molar-refractivity contribution is 5.76. The summed E-state index contributed by atoms with van der Waals surface area (Å²) in [6.07, 6.45) is -1.75. The van der Waals surface area contributed by atoms with Gasteiger partial charge >= 0.3 is 5.97 Å². The first-order valence-electron chi connectivity index (χ1n) is 4.34. The maximum absolute atomic E-state index is 13.6. The van der Waals surface area contributed by atoms with Crippen molar-refractivity contribution in [3.63, 3.8) is 0 Å². The van der Waals surface area contributed by atoms with Crippen LogP contribution in [0.25, 0.3) is 0 Å². The van der Waals surface area contributed by atoms with Crippen molar-refractivity contribution in [3.8, 4) is 11.5 Å². The fourth-order valence-corrected chi connectivity index (χ4v) is 1.21. The molecule has 1 atom stereocenters. The van der Waals surface area contributed by atoms with Crippen molar-refractivity contribution in [2.75, 3.05) is 14.2 Å². The van der Waals surface area contributed by atoms with E-state index in [1.165, 1.54) is 0 Å². The summed E-state index contributed by atoms with van der Waals surface area (Å²) in [5.74, 6) is -2.84. The lowest BCUT2D eigenvalue weighted by molar-refractivity contribution is -0.150. The zero-order valence-electron chi connectivity index (χ0n) is 8.73. The zero-order valence-corrected chi connectivity index (χ0v) is 8.73. The van der Waals surface area contributed by atoms with Gasteiger partial charge in [-0.15, -0.1) is 0 Å². The van der Waals surface area contributed by atoms with Gasteiger partial charge < -0.3 is 19.7 Å². The van der Waals surface area contributed by atoms with Crippen molar-refractivity contribution >= 4 is 5.97 Å². The van der Waals surface area contributed by atoms with Crippen molar-refractivity contribution in [1.82, 2.24) is 0 Å². The van der Waals surface area contributed by atoms with Gasteiger partial charge in [0.05, 0.1) is 14.2 Å². The van der Waals surface area contributed by atoms with Gasteiger partial charge in [0.15, 0.2) is 23.4 Å². The molecule has 88 valence electrons. The Bertz CT molecular complexity index is 404. The lowest BCUT2D eigenvalue weighted by Crippen LogP contribution is -2.15. The van der Waals surface area contributed by atoms with E-state index < -0.39 is 29.4 Å². The highest BCUT2D eigenvalue weighted by Crippen LogP contribution is 2.33. The van der Waals surface area contributed by atoms with E-state index in [1.54, 1.807) is 0 Å². The quantitative estimate of drug-likeness (QED) is 0.749. The van der Waals surface area contributed by atoms with Crippen LogP contribution in [0.4, 0.5) is 4.39 Å².